The van der Waals surface area contributed by atoms with Crippen LogP contribution in [0.5, 0.6) is 0 Å². The molecule has 0 spiro atoms. The van der Waals surface area contributed by atoms with Crippen molar-refractivity contribution in [2.45, 2.75) is 32.3 Å². The zero-order valence-electron chi connectivity index (χ0n) is 10.7. The molecule has 1 aliphatic rings. The monoisotopic (exact) mass is 354 g/mol. The van der Waals surface area contributed by atoms with Crippen molar-refractivity contribution in [3.63, 3.8) is 0 Å². The standard InChI is InChI=1S/C10H15N2O7P.2Na.2H/c1-6-4-12(10(14)11-9(6)13)7-2-3-8(19-7)18-5-20(15,16)17;;;;/h4,7-8H,2-3,5H2,1H3,(H,11,13,14)(H2,15,16,17);;;;/t7-,8?;;;;/m1..../s1. The Morgan fingerprint density at radius 1 is 1.41 bits per heavy atom. The van der Waals surface area contributed by atoms with Crippen molar-refractivity contribution >= 4 is 66.7 Å². The molecule has 9 nitrogen and oxygen atoms in total. The summed E-state index contributed by atoms with van der Waals surface area (Å²) in [5.41, 5.74) is -0.687. The van der Waals surface area contributed by atoms with E-state index in [9.17, 15) is 14.2 Å². The van der Waals surface area contributed by atoms with Gasteiger partial charge in [0.25, 0.3) is 5.56 Å². The van der Waals surface area contributed by atoms with Gasteiger partial charge < -0.3 is 19.3 Å². The molecule has 2 atom stereocenters. The van der Waals surface area contributed by atoms with Gasteiger partial charge in [-0.05, 0) is 13.3 Å². The van der Waals surface area contributed by atoms with E-state index in [4.69, 9.17) is 19.3 Å². The number of nitrogens with one attached hydrogen (secondary N) is 1. The van der Waals surface area contributed by atoms with Crippen LogP contribution in [0, 0.1) is 6.92 Å². The molecule has 116 valence electrons. The molecule has 0 bridgehead atoms. The summed E-state index contributed by atoms with van der Waals surface area (Å²) < 4.78 is 22.3. The molecule has 3 N–H and O–H groups in total. The topological polar surface area (TPSA) is 131 Å². The van der Waals surface area contributed by atoms with Crippen LogP contribution >= 0.6 is 7.60 Å². The van der Waals surface area contributed by atoms with Crippen molar-refractivity contribution in [2.24, 2.45) is 0 Å². The van der Waals surface area contributed by atoms with Crippen molar-refractivity contribution in [1.82, 2.24) is 9.55 Å². The molecule has 2 heterocycles. The van der Waals surface area contributed by atoms with Crippen LogP contribution in [0.15, 0.2) is 15.8 Å². The third kappa shape index (κ3) is 6.33. The fourth-order valence-electron chi connectivity index (χ4n) is 1.90. The van der Waals surface area contributed by atoms with Gasteiger partial charge in [0.15, 0.2) is 12.6 Å². The minimum atomic E-state index is -4.25. The molecule has 1 unspecified atom stereocenters. The summed E-state index contributed by atoms with van der Waals surface area (Å²) in [4.78, 5) is 42.5. The van der Waals surface area contributed by atoms with Gasteiger partial charge in [-0.2, -0.15) is 0 Å². The molecule has 0 aliphatic carbocycles. The zero-order valence-corrected chi connectivity index (χ0v) is 11.6. The molecular weight excluding hydrogens is 337 g/mol. The number of ether oxygens (including phenoxy) is 2. The molecule has 1 aromatic rings. The Balaban J connectivity index is 0.00000220. The van der Waals surface area contributed by atoms with E-state index in [1.54, 1.807) is 6.92 Å². The summed E-state index contributed by atoms with van der Waals surface area (Å²) >= 11 is 0. The van der Waals surface area contributed by atoms with Gasteiger partial charge in [-0.15, -0.1) is 0 Å². The van der Waals surface area contributed by atoms with Crippen molar-refractivity contribution in [3.8, 4) is 0 Å². The predicted octanol–water partition coefficient (Wildman–Crippen LogP) is -1.67. The fourth-order valence-corrected chi connectivity index (χ4v) is 2.26. The van der Waals surface area contributed by atoms with E-state index in [2.05, 4.69) is 4.98 Å². The molecule has 0 aromatic carbocycles. The van der Waals surface area contributed by atoms with E-state index < -0.39 is 37.7 Å². The first-order valence-electron chi connectivity index (χ1n) is 5.90. The normalized spacial score (nSPS) is 21.0. The maximum atomic E-state index is 11.7. The average Bonchev–Trinajstić information content (AvgIpc) is 2.79. The van der Waals surface area contributed by atoms with Crippen molar-refractivity contribution in [1.29, 1.82) is 0 Å². The molecule has 0 amide bonds. The van der Waals surface area contributed by atoms with E-state index in [1.165, 1.54) is 10.8 Å². The number of hydrogen-bond donors (Lipinski definition) is 3. The molecule has 0 saturated carbocycles. The van der Waals surface area contributed by atoms with Gasteiger partial charge >= 0.3 is 72.4 Å². The fraction of sp³-hybridized carbons (Fsp3) is 0.600. The molecule has 12 heteroatoms. The van der Waals surface area contributed by atoms with Crippen LogP contribution in [0.3, 0.4) is 0 Å². The van der Waals surface area contributed by atoms with Gasteiger partial charge in [0.1, 0.15) is 6.23 Å². The molecule has 22 heavy (non-hydrogen) atoms. The zero-order chi connectivity index (χ0) is 14.9. The van der Waals surface area contributed by atoms with Crippen LogP contribution in [0.1, 0.15) is 24.6 Å². The summed E-state index contributed by atoms with van der Waals surface area (Å²) in [5, 5.41) is 0. The Morgan fingerprint density at radius 2 is 2.05 bits per heavy atom. The molecule has 0 radical (unpaired) electrons. The van der Waals surface area contributed by atoms with Crippen LogP contribution in [-0.2, 0) is 14.0 Å². The molecule has 2 rings (SSSR count). The summed E-state index contributed by atoms with van der Waals surface area (Å²) in [5.74, 6) is 0. The number of aryl methyl sites for hydroxylation is 1. The second-order valence-corrected chi connectivity index (χ2v) is 6.12. The molecular formula is C10H17N2Na2O7P. The predicted molar refractivity (Wildman–Crippen MR) is 81.5 cm³/mol. The van der Waals surface area contributed by atoms with Gasteiger partial charge in [0, 0.05) is 18.2 Å². The number of aromatic amines is 1. The number of hydrogen-bond acceptors (Lipinski definition) is 5. The first kappa shape index (κ1) is 22.8. The molecule has 1 saturated heterocycles. The third-order valence-corrected chi connectivity index (χ3v) is 3.33. The maximum absolute atomic E-state index is 11.7. The molecule has 1 aromatic heterocycles. The first-order chi connectivity index (χ1) is 9.26. The van der Waals surface area contributed by atoms with Crippen molar-refractivity contribution < 1.29 is 23.8 Å². The summed E-state index contributed by atoms with van der Waals surface area (Å²) in [7, 11) is -4.25. The van der Waals surface area contributed by atoms with E-state index in [-0.39, 0.29) is 59.1 Å². The van der Waals surface area contributed by atoms with Gasteiger partial charge in [0.05, 0.1) is 0 Å². The second-order valence-electron chi connectivity index (χ2n) is 4.54. The van der Waals surface area contributed by atoms with Crippen molar-refractivity contribution in [3.05, 3.63) is 32.6 Å². The van der Waals surface area contributed by atoms with Crippen LogP contribution in [-0.4, -0.2) is 91.1 Å². The Labute approximate surface area is 170 Å². The Bertz CT molecular complexity index is 655. The van der Waals surface area contributed by atoms with E-state index in [0.29, 0.717) is 18.4 Å². The van der Waals surface area contributed by atoms with Gasteiger partial charge in [-0.3, -0.25) is 18.9 Å². The van der Waals surface area contributed by atoms with E-state index >= 15 is 0 Å². The summed E-state index contributed by atoms with van der Waals surface area (Å²) in [6, 6.07) is 0. The Hall–Kier alpha value is 0.750. The summed E-state index contributed by atoms with van der Waals surface area (Å²) in [6.45, 7) is 1.56. The SMILES string of the molecule is Cc1cn([C@H]2CCC(OCP(=O)(O)O)O2)c(=O)[nH]c1=O.[NaH].[NaH]. The summed E-state index contributed by atoms with van der Waals surface area (Å²) in [6.07, 6.45) is 0.0831. The van der Waals surface area contributed by atoms with Crippen LogP contribution in [0.2, 0.25) is 0 Å². The first-order valence-corrected chi connectivity index (χ1v) is 7.70. The van der Waals surface area contributed by atoms with E-state index in [1.807, 2.05) is 0 Å². The number of H-pyrrole nitrogens is 1. The second kappa shape index (κ2) is 9.29. The van der Waals surface area contributed by atoms with Crippen LogP contribution in [0.4, 0.5) is 0 Å². The number of aromatic nitrogens is 2. The van der Waals surface area contributed by atoms with E-state index in [0.717, 1.165) is 0 Å². The number of nitrogens with zero attached hydrogens (tertiary/aromatic N) is 1. The van der Waals surface area contributed by atoms with Crippen molar-refractivity contribution in [2.75, 3.05) is 6.35 Å². The van der Waals surface area contributed by atoms with Crippen LogP contribution < -0.4 is 11.2 Å². The van der Waals surface area contributed by atoms with Gasteiger partial charge in [-0.1, -0.05) is 0 Å². The molecule has 1 aliphatic heterocycles. The third-order valence-electron chi connectivity index (χ3n) is 2.84. The van der Waals surface area contributed by atoms with Crippen LogP contribution in [0.25, 0.3) is 0 Å². The minimum absolute atomic E-state index is 0. The molecule has 1 fully saturated rings. The van der Waals surface area contributed by atoms with Gasteiger partial charge in [-0.25, -0.2) is 4.79 Å². The quantitative estimate of drug-likeness (QED) is 0.435. The number of rotatable bonds is 4. The average molecular weight is 354 g/mol. The van der Waals surface area contributed by atoms with Gasteiger partial charge in [0.2, 0.25) is 0 Å². The Morgan fingerprint density at radius 3 is 2.64 bits per heavy atom. The Kier molecular flexibility index (Phi) is 9.61.